The quantitative estimate of drug-likeness (QED) is 0.661. The Balaban J connectivity index is 1.65. The highest BCUT2D eigenvalue weighted by molar-refractivity contribution is 5.81. The fraction of sp³-hybridized carbons (Fsp3) is 0.583. The van der Waals surface area contributed by atoms with Crippen molar-refractivity contribution < 1.29 is 9.32 Å². The van der Waals surface area contributed by atoms with E-state index in [0.29, 0.717) is 18.4 Å². The Hall–Kier alpha value is -2.34. The van der Waals surface area contributed by atoms with Crippen molar-refractivity contribution in [3.05, 3.63) is 35.9 Å². The number of anilines is 1. The van der Waals surface area contributed by atoms with Crippen LogP contribution < -0.4 is 4.90 Å². The van der Waals surface area contributed by atoms with Gasteiger partial charge in [-0.3, -0.25) is 4.79 Å². The molecule has 0 spiro atoms. The highest BCUT2D eigenvalue weighted by Gasteiger charge is 2.35. The molecule has 0 atom stereocenters. The van der Waals surface area contributed by atoms with Crippen LogP contribution in [-0.2, 0) is 11.3 Å². The summed E-state index contributed by atoms with van der Waals surface area (Å²) in [6, 6.07) is 10.2. The summed E-state index contributed by atoms with van der Waals surface area (Å²) in [5, 5.41) is 4.48. The van der Waals surface area contributed by atoms with Crippen LogP contribution in [0.5, 0.6) is 0 Å². The number of likely N-dealkylation sites (N-methyl/N-ethyl adjacent to an activating group) is 1. The second kappa shape index (κ2) is 9.21. The second-order valence-corrected chi connectivity index (χ2v) is 9.19. The van der Waals surface area contributed by atoms with Crippen molar-refractivity contribution in [2.24, 2.45) is 11.8 Å². The van der Waals surface area contributed by atoms with E-state index >= 15 is 0 Å². The SMILES string of the molecule is CC(C)CCN(Cc1c(-c2ccccc2)noc1N1CCN(C)CC1)C(=O)C1CC1. The molecule has 2 aliphatic rings. The molecule has 30 heavy (non-hydrogen) atoms. The fourth-order valence-electron chi connectivity index (χ4n) is 3.98. The first-order valence-electron chi connectivity index (χ1n) is 11.3. The van der Waals surface area contributed by atoms with Crippen LogP contribution in [0.2, 0.25) is 0 Å². The standard InChI is InChI=1S/C24H34N4O2/c1-18(2)11-12-28(23(29)20-9-10-20)17-21-22(19-7-5-4-6-8-19)25-30-24(21)27-15-13-26(3)14-16-27/h4-8,18,20H,9-17H2,1-3H3. The molecular formula is C24H34N4O2. The summed E-state index contributed by atoms with van der Waals surface area (Å²) in [7, 11) is 2.15. The third kappa shape index (κ3) is 4.86. The number of benzene rings is 1. The number of piperazine rings is 1. The minimum absolute atomic E-state index is 0.212. The van der Waals surface area contributed by atoms with Gasteiger partial charge in [0, 0.05) is 44.2 Å². The van der Waals surface area contributed by atoms with Gasteiger partial charge in [0.15, 0.2) is 0 Å². The number of amides is 1. The molecule has 2 heterocycles. The van der Waals surface area contributed by atoms with E-state index in [1.165, 1.54) is 0 Å². The maximum atomic E-state index is 13.1. The van der Waals surface area contributed by atoms with Gasteiger partial charge < -0.3 is 19.2 Å². The first kappa shape index (κ1) is 20.9. The molecule has 1 saturated carbocycles. The lowest BCUT2D eigenvalue weighted by molar-refractivity contribution is -0.133. The van der Waals surface area contributed by atoms with Gasteiger partial charge in [-0.2, -0.15) is 0 Å². The number of aromatic nitrogens is 1. The average Bonchev–Trinajstić information content (AvgIpc) is 3.52. The Morgan fingerprint density at radius 1 is 1.17 bits per heavy atom. The highest BCUT2D eigenvalue weighted by atomic mass is 16.5. The molecule has 0 N–H and O–H groups in total. The number of nitrogens with zero attached hydrogens (tertiary/aromatic N) is 4. The fourth-order valence-corrected chi connectivity index (χ4v) is 3.98. The molecule has 0 radical (unpaired) electrons. The molecule has 2 fully saturated rings. The van der Waals surface area contributed by atoms with E-state index in [2.05, 4.69) is 52.9 Å². The van der Waals surface area contributed by atoms with Gasteiger partial charge in [0.05, 0.1) is 12.1 Å². The zero-order chi connectivity index (χ0) is 21.1. The van der Waals surface area contributed by atoms with Gasteiger partial charge in [0.2, 0.25) is 11.8 Å². The van der Waals surface area contributed by atoms with Gasteiger partial charge in [0.1, 0.15) is 5.69 Å². The molecule has 1 aliphatic carbocycles. The molecule has 0 unspecified atom stereocenters. The van der Waals surface area contributed by atoms with E-state index in [-0.39, 0.29) is 5.92 Å². The van der Waals surface area contributed by atoms with E-state index in [1.807, 2.05) is 18.2 Å². The van der Waals surface area contributed by atoms with E-state index in [9.17, 15) is 4.79 Å². The Morgan fingerprint density at radius 2 is 1.87 bits per heavy atom. The maximum absolute atomic E-state index is 13.1. The van der Waals surface area contributed by atoms with Crippen LogP contribution in [0.15, 0.2) is 34.9 Å². The average molecular weight is 411 g/mol. The molecule has 4 rings (SSSR count). The Morgan fingerprint density at radius 3 is 2.50 bits per heavy atom. The van der Waals surface area contributed by atoms with Crippen molar-refractivity contribution in [2.75, 3.05) is 44.7 Å². The molecule has 6 nitrogen and oxygen atoms in total. The molecule has 162 valence electrons. The van der Waals surface area contributed by atoms with E-state index in [0.717, 1.165) is 74.7 Å². The van der Waals surface area contributed by atoms with Crippen molar-refractivity contribution >= 4 is 11.8 Å². The number of hydrogen-bond acceptors (Lipinski definition) is 5. The number of carbonyl (C=O) groups excluding carboxylic acids is 1. The Bertz CT molecular complexity index is 836. The monoisotopic (exact) mass is 410 g/mol. The van der Waals surface area contributed by atoms with Gasteiger partial charge >= 0.3 is 0 Å². The number of hydrogen-bond donors (Lipinski definition) is 0. The van der Waals surface area contributed by atoms with Crippen molar-refractivity contribution in [1.29, 1.82) is 0 Å². The molecule has 1 amide bonds. The molecule has 6 heteroatoms. The summed E-state index contributed by atoms with van der Waals surface area (Å²) in [6.07, 6.45) is 3.06. The zero-order valence-corrected chi connectivity index (χ0v) is 18.5. The van der Waals surface area contributed by atoms with Crippen molar-refractivity contribution in [3.63, 3.8) is 0 Å². The molecule has 0 bridgehead atoms. The number of carbonyl (C=O) groups is 1. The van der Waals surface area contributed by atoms with E-state index in [4.69, 9.17) is 4.52 Å². The predicted molar refractivity (Wildman–Crippen MR) is 119 cm³/mol. The van der Waals surface area contributed by atoms with Gasteiger partial charge in [-0.15, -0.1) is 0 Å². The van der Waals surface area contributed by atoms with Crippen LogP contribution in [-0.4, -0.2) is 60.6 Å². The minimum Gasteiger partial charge on any atom is -0.338 e. The summed E-state index contributed by atoms with van der Waals surface area (Å²) in [5.41, 5.74) is 2.95. The van der Waals surface area contributed by atoms with E-state index < -0.39 is 0 Å². The summed E-state index contributed by atoms with van der Waals surface area (Å²) in [4.78, 5) is 19.7. The second-order valence-electron chi connectivity index (χ2n) is 9.19. The maximum Gasteiger partial charge on any atom is 0.232 e. The van der Waals surface area contributed by atoms with Crippen LogP contribution in [0.4, 0.5) is 5.88 Å². The van der Waals surface area contributed by atoms with Crippen LogP contribution in [0.25, 0.3) is 11.3 Å². The first-order valence-corrected chi connectivity index (χ1v) is 11.3. The van der Waals surface area contributed by atoms with Gasteiger partial charge in [0.25, 0.3) is 0 Å². The summed E-state index contributed by atoms with van der Waals surface area (Å²) >= 11 is 0. The summed E-state index contributed by atoms with van der Waals surface area (Å²) in [5.74, 6) is 1.90. The van der Waals surface area contributed by atoms with Crippen molar-refractivity contribution in [2.45, 2.75) is 39.7 Å². The summed E-state index contributed by atoms with van der Waals surface area (Å²) < 4.78 is 5.93. The van der Waals surface area contributed by atoms with Gasteiger partial charge in [-0.25, -0.2) is 0 Å². The zero-order valence-electron chi connectivity index (χ0n) is 18.5. The molecule has 1 aromatic carbocycles. The molecule has 1 saturated heterocycles. The first-order chi connectivity index (χ1) is 14.5. The smallest absolute Gasteiger partial charge is 0.232 e. The topological polar surface area (TPSA) is 52.8 Å². The number of rotatable bonds is 8. The lowest BCUT2D eigenvalue weighted by atomic mass is 10.1. The predicted octanol–water partition coefficient (Wildman–Crippen LogP) is 3.88. The molecule has 1 aliphatic heterocycles. The molecule has 1 aromatic heterocycles. The highest BCUT2D eigenvalue weighted by Crippen LogP contribution is 2.36. The minimum atomic E-state index is 0.212. The molecule has 2 aromatic rings. The normalized spacial score (nSPS) is 17.5. The van der Waals surface area contributed by atoms with Crippen molar-refractivity contribution in [3.8, 4) is 11.3 Å². The molecular weight excluding hydrogens is 376 g/mol. The van der Waals surface area contributed by atoms with Crippen molar-refractivity contribution in [1.82, 2.24) is 15.0 Å². The van der Waals surface area contributed by atoms with Crippen LogP contribution in [0, 0.1) is 11.8 Å². The summed E-state index contributed by atoms with van der Waals surface area (Å²) in [6.45, 7) is 9.60. The lowest BCUT2D eigenvalue weighted by Crippen LogP contribution is -2.45. The lowest BCUT2D eigenvalue weighted by Gasteiger charge is -2.33. The van der Waals surface area contributed by atoms with Gasteiger partial charge in [-0.1, -0.05) is 49.3 Å². The van der Waals surface area contributed by atoms with Gasteiger partial charge in [-0.05, 0) is 32.2 Å². The Kier molecular flexibility index (Phi) is 6.42. The van der Waals surface area contributed by atoms with Crippen LogP contribution >= 0.6 is 0 Å². The largest absolute Gasteiger partial charge is 0.338 e. The third-order valence-electron chi connectivity index (χ3n) is 6.17. The third-order valence-corrected chi connectivity index (χ3v) is 6.17. The van der Waals surface area contributed by atoms with Crippen LogP contribution in [0.1, 0.15) is 38.7 Å². The Labute approximate surface area is 179 Å². The van der Waals surface area contributed by atoms with E-state index in [1.54, 1.807) is 0 Å². The van der Waals surface area contributed by atoms with Crippen LogP contribution in [0.3, 0.4) is 0 Å².